The second kappa shape index (κ2) is 27.9. The number of thiophene rings is 1. The van der Waals surface area contributed by atoms with E-state index in [1.807, 2.05) is 133 Å². The molecule has 8 heterocycles. The summed E-state index contributed by atoms with van der Waals surface area (Å²) >= 11 is 1.88. The molecule has 120 heavy (non-hydrogen) atoms. The molecule has 0 saturated heterocycles. The van der Waals surface area contributed by atoms with E-state index < -0.39 is 0 Å². The molecular formula is C108H65N9O2S. The summed E-state index contributed by atoms with van der Waals surface area (Å²) in [5.74, 6) is 3.66. The van der Waals surface area contributed by atoms with Gasteiger partial charge in [0.15, 0.2) is 34.9 Å². The molecule has 0 bridgehead atoms. The first-order chi connectivity index (χ1) is 59.5. The number of aromatic nitrogens is 9. The molecular weight excluding hydrogens is 1490 g/mol. The maximum atomic E-state index is 6.94. The molecule has 17 aromatic carbocycles. The van der Waals surface area contributed by atoms with Gasteiger partial charge >= 0.3 is 0 Å². The van der Waals surface area contributed by atoms with Gasteiger partial charge in [-0.2, -0.15) is 0 Å². The quantitative estimate of drug-likeness (QED) is 0.126. The number of para-hydroxylation sites is 4. The standard InChI is InChI=1S/C57H35N5O.C51H30N4OS/c1-5-17-36(18-6-1)45-32-41(62-50-28-16-14-26-43(50)47-34-51-46(35-52(47)62)42-25-13-15-27-49(42)61(51)40-23-11-4-12-24-40)33-48-44-30-29-39(31-53(44)63-54(45)48)57-59-55(37-19-7-2-8-20-37)58-56(60-57)38-21-9-3-10-22-38;1-4-14-31(15-5-1)40-29-35(55-42-22-12-10-21-39(42)46-43(55)27-26-38-37-20-11-13-23-45(37)57-48(38)46)30-41-36-25-24-34(28-44(36)56-47(40)41)51-53-49(32-16-6-2-7-17-32)52-50(54-51)33-18-8-3-9-19-33/h1-35H;1-30H. The highest BCUT2D eigenvalue weighted by Gasteiger charge is 2.26. The monoisotopic (exact) mass is 1550 g/mol. The molecule has 0 spiro atoms. The number of hydrogen-bond acceptors (Lipinski definition) is 9. The van der Waals surface area contributed by atoms with Crippen LogP contribution in [0.2, 0.25) is 0 Å². The van der Waals surface area contributed by atoms with Crippen molar-refractivity contribution in [1.82, 2.24) is 43.6 Å². The van der Waals surface area contributed by atoms with E-state index in [0.29, 0.717) is 34.9 Å². The molecule has 560 valence electrons. The first-order valence-corrected chi connectivity index (χ1v) is 41.0. The third-order valence-corrected chi connectivity index (χ3v) is 24.6. The van der Waals surface area contributed by atoms with Crippen molar-refractivity contribution in [2.24, 2.45) is 0 Å². The highest BCUT2D eigenvalue weighted by molar-refractivity contribution is 7.26. The Bertz CT molecular complexity index is 8270. The number of furan rings is 2. The first-order valence-electron chi connectivity index (χ1n) is 40.2. The molecule has 0 amide bonds. The zero-order valence-electron chi connectivity index (χ0n) is 64.3. The smallest absolute Gasteiger partial charge is 0.164 e. The second-order valence-electron chi connectivity index (χ2n) is 30.4. The molecule has 0 aliphatic heterocycles. The van der Waals surface area contributed by atoms with Crippen LogP contribution in [-0.4, -0.2) is 43.6 Å². The Hall–Kier alpha value is -16.0. The van der Waals surface area contributed by atoms with E-state index in [2.05, 4.69) is 287 Å². The Kier molecular flexibility index (Phi) is 15.9. The molecule has 0 saturated carbocycles. The maximum Gasteiger partial charge on any atom is 0.164 e. The lowest BCUT2D eigenvalue weighted by molar-refractivity contribution is 0.669. The highest BCUT2D eigenvalue weighted by Crippen LogP contribution is 2.48. The largest absolute Gasteiger partial charge is 0.455 e. The van der Waals surface area contributed by atoms with Gasteiger partial charge in [-0.15, -0.1) is 11.3 Å². The van der Waals surface area contributed by atoms with Crippen LogP contribution in [0.15, 0.2) is 403 Å². The zero-order valence-corrected chi connectivity index (χ0v) is 65.1. The zero-order chi connectivity index (χ0) is 78.9. The van der Waals surface area contributed by atoms with Crippen LogP contribution in [0.5, 0.6) is 0 Å². The molecule has 12 heteroatoms. The van der Waals surface area contributed by atoms with Crippen LogP contribution in [0.3, 0.4) is 0 Å². The van der Waals surface area contributed by atoms with Crippen molar-refractivity contribution in [3.8, 4) is 108 Å². The van der Waals surface area contributed by atoms with Gasteiger partial charge in [0.1, 0.15) is 22.3 Å². The summed E-state index contributed by atoms with van der Waals surface area (Å²) in [7, 11) is 0. The molecule has 0 radical (unpaired) electrons. The number of benzene rings is 17. The van der Waals surface area contributed by atoms with Crippen molar-refractivity contribution in [2.75, 3.05) is 0 Å². The van der Waals surface area contributed by atoms with Gasteiger partial charge in [0.2, 0.25) is 0 Å². The first kappa shape index (κ1) is 68.4. The van der Waals surface area contributed by atoms with Crippen LogP contribution in [-0.2, 0) is 0 Å². The number of rotatable bonds is 11. The Morgan fingerprint density at radius 1 is 0.200 bits per heavy atom. The molecule has 0 aliphatic carbocycles. The number of nitrogens with zero attached hydrogens (tertiary/aromatic N) is 9. The van der Waals surface area contributed by atoms with Gasteiger partial charge < -0.3 is 22.5 Å². The van der Waals surface area contributed by atoms with Gasteiger partial charge in [0, 0.05) is 136 Å². The van der Waals surface area contributed by atoms with Crippen LogP contribution in [0.25, 0.3) is 237 Å². The molecule has 0 aliphatic rings. The summed E-state index contributed by atoms with van der Waals surface area (Å²) in [5.41, 5.74) is 23.1. The lowest BCUT2D eigenvalue weighted by atomic mass is 10.0. The highest BCUT2D eigenvalue weighted by atomic mass is 32.1. The van der Waals surface area contributed by atoms with Crippen molar-refractivity contribution >= 4 is 141 Å². The molecule has 8 aromatic heterocycles. The van der Waals surface area contributed by atoms with Gasteiger partial charge in [-0.1, -0.05) is 291 Å². The van der Waals surface area contributed by atoms with Crippen molar-refractivity contribution in [3.05, 3.63) is 394 Å². The maximum absolute atomic E-state index is 6.94. The van der Waals surface area contributed by atoms with Gasteiger partial charge in [-0.25, -0.2) is 29.9 Å². The molecule has 0 unspecified atom stereocenters. The molecule has 0 atom stereocenters. The van der Waals surface area contributed by atoms with Crippen LogP contribution < -0.4 is 0 Å². The molecule has 0 fully saturated rings. The molecule has 25 rings (SSSR count). The van der Waals surface area contributed by atoms with Crippen molar-refractivity contribution in [2.45, 2.75) is 0 Å². The fraction of sp³-hybridized carbons (Fsp3) is 0. The van der Waals surface area contributed by atoms with E-state index in [0.717, 1.165) is 128 Å². The van der Waals surface area contributed by atoms with Crippen LogP contribution in [0.4, 0.5) is 0 Å². The van der Waals surface area contributed by atoms with E-state index in [1.165, 1.54) is 74.6 Å². The van der Waals surface area contributed by atoms with Gasteiger partial charge in [-0.3, -0.25) is 0 Å². The van der Waals surface area contributed by atoms with Crippen LogP contribution >= 0.6 is 11.3 Å². The van der Waals surface area contributed by atoms with Gasteiger partial charge in [0.25, 0.3) is 0 Å². The minimum absolute atomic E-state index is 0.583. The Balaban J connectivity index is 0.000000137. The minimum Gasteiger partial charge on any atom is -0.455 e. The normalized spacial score (nSPS) is 11.8. The predicted octanol–water partition coefficient (Wildman–Crippen LogP) is 28.5. The fourth-order valence-corrected chi connectivity index (χ4v) is 19.1. The molecule has 25 aromatic rings. The third-order valence-electron chi connectivity index (χ3n) is 23.4. The lowest BCUT2D eigenvalue weighted by Gasteiger charge is -2.12. The minimum atomic E-state index is 0.583. The van der Waals surface area contributed by atoms with Crippen LogP contribution in [0.1, 0.15) is 0 Å². The lowest BCUT2D eigenvalue weighted by Crippen LogP contribution is -2.00. The Morgan fingerprint density at radius 2 is 0.533 bits per heavy atom. The average Bonchev–Trinajstić information content (AvgIpc) is 1.56. The SMILES string of the molecule is c1ccc(-c2nc(-c3ccccc3)nc(-c3ccc4c(c3)oc3c(-c5ccccc5)cc(-n5c6ccccc6c6c7sc8ccccc8c7ccc65)cc34)n2)cc1.c1ccc(-c2nc(-c3ccccc3)nc(-c3ccc4c(c3)oc3c(-c5ccccc5)cc(-n5c6ccccc6c6cc7c(cc65)c5ccccc5n7-c5ccccc5)cc34)n2)cc1. The molecule has 0 N–H and O–H groups in total. The van der Waals surface area contributed by atoms with Crippen molar-refractivity contribution in [3.63, 3.8) is 0 Å². The fourth-order valence-electron chi connectivity index (χ4n) is 17.9. The van der Waals surface area contributed by atoms with Gasteiger partial charge in [-0.05, 0) is 114 Å². The average molecular weight is 1550 g/mol. The number of fused-ring (bicyclic) bond motifs is 19. The summed E-state index contributed by atoms with van der Waals surface area (Å²) in [4.78, 5) is 29.9. The predicted molar refractivity (Wildman–Crippen MR) is 494 cm³/mol. The summed E-state index contributed by atoms with van der Waals surface area (Å²) in [6.45, 7) is 0. The summed E-state index contributed by atoms with van der Waals surface area (Å²) < 4.78 is 23.7. The number of hydrogen-bond donors (Lipinski definition) is 0. The molecule has 11 nitrogen and oxygen atoms in total. The summed E-state index contributed by atoms with van der Waals surface area (Å²) in [6.07, 6.45) is 0. The third kappa shape index (κ3) is 11.3. The van der Waals surface area contributed by atoms with Crippen molar-refractivity contribution in [1.29, 1.82) is 0 Å². The summed E-state index contributed by atoms with van der Waals surface area (Å²) in [5, 5.41) is 14.1. The van der Waals surface area contributed by atoms with E-state index in [4.69, 9.17) is 38.7 Å². The van der Waals surface area contributed by atoms with E-state index in [-0.39, 0.29) is 0 Å². The second-order valence-corrected chi connectivity index (χ2v) is 31.4. The topological polar surface area (TPSA) is 118 Å². The van der Waals surface area contributed by atoms with Crippen LogP contribution in [0, 0.1) is 0 Å². The van der Waals surface area contributed by atoms with Crippen molar-refractivity contribution < 1.29 is 8.83 Å². The summed E-state index contributed by atoms with van der Waals surface area (Å²) in [6, 6.07) is 138. The van der Waals surface area contributed by atoms with Gasteiger partial charge in [0.05, 0.1) is 33.1 Å². The van der Waals surface area contributed by atoms with E-state index in [1.54, 1.807) is 0 Å². The van der Waals surface area contributed by atoms with E-state index in [9.17, 15) is 0 Å². The Morgan fingerprint density at radius 3 is 0.967 bits per heavy atom. The Labute approximate surface area is 690 Å². The van der Waals surface area contributed by atoms with E-state index >= 15 is 0 Å².